The monoisotopic (exact) mass is 319 g/mol. The maximum absolute atomic E-state index is 6.20. The lowest BCUT2D eigenvalue weighted by Gasteiger charge is -2.45. The Morgan fingerprint density at radius 1 is 1.37 bits per heavy atom. The highest BCUT2D eigenvalue weighted by molar-refractivity contribution is 7.20. The van der Waals surface area contributed by atoms with E-state index in [1.165, 1.54) is 37.0 Å². The summed E-state index contributed by atoms with van der Waals surface area (Å²) in [5.41, 5.74) is 1.23. The van der Waals surface area contributed by atoms with Gasteiger partial charge in [0.2, 0.25) is 0 Å². The number of halogens is 2. The van der Waals surface area contributed by atoms with E-state index in [0.29, 0.717) is 0 Å². The first-order valence-electron chi connectivity index (χ1n) is 6.89. The van der Waals surface area contributed by atoms with Crippen LogP contribution in [0.25, 0.3) is 0 Å². The summed E-state index contributed by atoms with van der Waals surface area (Å²) in [6, 6.07) is 1.93. The van der Waals surface area contributed by atoms with Gasteiger partial charge < -0.3 is 10.1 Å². The summed E-state index contributed by atoms with van der Waals surface area (Å²) in [5.74, 6) is 0.857. The van der Waals surface area contributed by atoms with E-state index in [1.807, 2.05) is 6.07 Å². The summed E-state index contributed by atoms with van der Waals surface area (Å²) >= 11 is 13.6. The maximum Gasteiger partial charge on any atom is 0.100 e. The van der Waals surface area contributed by atoms with Gasteiger partial charge in [0.25, 0.3) is 0 Å². The first kappa shape index (κ1) is 14.2. The van der Waals surface area contributed by atoms with Crippen molar-refractivity contribution in [3.05, 3.63) is 20.3 Å². The minimum absolute atomic E-state index is 0.0428. The predicted molar refractivity (Wildman–Crippen MR) is 81.4 cm³/mol. The Morgan fingerprint density at radius 2 is 2.11 bits per heavy atom. The van der Waals surface area contributed by atoms with E-state index in [2.05, 4.69) is 12.2 Å². The van der Waals surface area contributed by atoms with Crippen LogP contribution >= 0.6 is 34.5 Å². The van der Waals surface area contributed by atoms with Gasteiger partial charge in [-0.05, 0) is 37.7 Å². The summed E-state index contributed by atoms with van der Waals surface area (Å²) in [6.07, 6.45) is 5.08. The van der Waals surface area contributed by atoms with Crippen LogP contribution in [-0.2, 0) is 4.74 Å². The van der Waals surface area contributed by atoms with Crippen LogP contribution in [0.15, 0.2) is 6.07 Å². The van der Waals surface area contributed by atoms with Crippen LogP contribution in [0.2, 0.25) is 8.67 Å². The summed E-state index contributed by atoms with van der Waals surface area (Å²) < 4.78 is 7.57. The van der Waals surface area contributed by atoms with Gasteiger partial charge in [-0.3, -0.25) is 0 Å². The topological polar surface area (TPSA) is 21.3 Å². The van der Waals surface area contributed by atoms with Gasteiger partial charge in [-0.1, -0.05) is 30.1 Å². The molecule has 1 unspecified atom stereocenters. The van der Waals surface area contributed by atoms with Crippen molar-refractivity contribution >= 4 is 34.5 Å². The van der Waals surface area contributed by atoms with E-state index >= 15 is 0 Å². The Hall–Kier alpha value is 0.200. The van der Waals surface area contributed by atoms with Crippen molar-refractivity contribution in [2.45, 2.75) is 44.2 Å². The molecule has 2 aliphatic rings. The van der Waals surface area contributed by atoms with Gasteiger partial charge in [-0.25, -0.2) is 0 Å². The molecule has 1 aromatic heterocycles. The fourth-order valence-electron chi connectivity index (χ4n) is 3.09. The molecule has 19 heavy (non-hydrogen) atoms. The highest BCUT2D eigenvalue weighted by Gasteiger charge is 2.39. The minimum atomic E-state index is 0.0428. The van der Waals surface area contributed by atoms with Crippen molar-refractivity contribution < 1.29 is 4.74 Å². The Kier molecular flexibility index (Phi) is 4.12. The number of ether oxygens (including phenoxy) is 1. The molecule has 0 amide bonds. The lowest BCUT2D eigenvalue weighted by atomic mass is 9.77. The molecule has 0 bridgehead atoms. The second-order valence-electron chi connectivity index (χ2n) is 5.92. The van der Waals surface area contributed by atoms with E-state index in [0.717, 1.165) is 33.3 Å². The highest BCUT2D eigenvalue weighted by atomic mass is 35.5. The molecule has 1 N–H and O–H groups in total. The summed E-state index contributed by atoms with van der Waals surface area (Å²) in [5, 5.41) is 3.72. The normalized spacial score (nSPS) is 35.7. The number of hydrogen-bond acceptors (Lipinski definition) is 3. The largest absolute Gasteiger partial charge is 0.370 e. The molecule has 1 atom stereocenters. The van der Waals surface area contributed by atoms with Gasteiger partial charge in [0, 0.05) is 17.6 Å². The van der Waals surface area contributed by atoms with E-state index in [9.17, 15) is 0 Å². The molecule has 106 valence electrons. The summed E-state index contributed by atoms with van der Waals surface area (Å²) in [7, 11) is 0. The van der Waals surface area contributed by atoms with Crippen LogP contribution in [0.4, 0.5) is 0 Å². The number of rotatable bonds is 1. The van der Waals surface area contributed by atoms with Crippen LogP contribution in [0.1, 0.15) is 44.3 Å². The number of hydrogen-bond donors (Lipinski definition) is 1. The Bertz CT molecular complexity index is 444. The molecule has 1 saturated carbocycles. The van der Waals surface area contributed by atoms with Gasteiger partial charge in [-0.2, -0.15) is 0 Å². The molecule has 3 rings (SSSR count). The molecule has 1 aliphatic heterocycles. The zero-order chi connectivity index (χ0) is 13.5. The van der Waals surface area contributed by atoms with Gasteiger partial charge in [-0.15, -0.1) is 11.3 Å². The van der Waals surface area contributed by atoms with Crippen molar-refractivity contribution in [2.24, 2.45) is 5.92 Å². The van der Waals surface area contributed by atoms with Crippen molar-refractivity contribution in [1.29, 1.82) is 0 Å². The molecule has 2 heterocycles. The zero-order valence-corrected chi connectivity index (χ0v) is 13.4. The molecule has 1 aromatic rings. The van der Waals surface area contributed by atoms with E-state index in [1.54, 1.807) is 0 Å². The second-order valence-corrected chi connectivity index (χ2v) is 8.21. The third kappa shape index (κ3) is 2.96. The molecule has 5 heteroatoms. The van der Waals surface area contributed by atoms with Gasteiger partial charge >= 0.3 is 0 Å². The van der Waals surface area contributed by atoms with Gasteiger partial charge in [0.15, 0.2) is 0 Å². The first-order valence-corrected chi connectivity index (χ1v) is 8.47. The average Bonchev–Trinajstić information content (AvgIpc) is 2.74. The zero-order valence-electron chi connectivity index (χ0n) is 11.0. The molecule has 1 spiro atoms. The fraction of sp³-hybridized carbons (Fsp3) is 0.714. The fourth-order valence-corrected chi connectivity index (χ4v) is 4.65. The Morgan fingerprint density at radius 3 is 2.63 bits per heavy atom. The average molecular weight is 320 g/mol. The number of nitrogens with one attached hydrogen (secondary N) is 1. The lowest BCUT2D eigenvalue weighted by Crippen LogP contribution is -2.56. The van der Waals surface area contributed by atoms with Crippen LogP contribution < -0.4 is 5.32 Å². The van der Waals surface area contributed by atoms with Gasteiger partial charge in [0.05, 0.1) is 17.0 Å². The van der Waals surface area contributed by atoms with E-state index in [4.69, 9.17) is 27.9 Å². The van der Waals surface area contributed by atoms with E-state index < -0.39 is 0 Å². The highest BCUT2D eigenvalue weighted by Crippen LogP contribution is 2.40. The van der Waals surface area contributed by atoms with Crippen molar-refractivity contribution in [2.75, 3.05) is 13.2 Å². The lowest BCUT2D eigenvalue weighted by molar-refractivity contribution is -0.0502. The second kappa shape index (κ2) is 5.53. The van der Waals surface area contributed by atoms with Gasteiger partial charge in [0.1, 0.15) is 4.34 Å². The van der Waals surface area contributed by atoms with E-state index in [-0.39, 0.29) is 11.6 Å². The quantitative estimate of drug-likeness (QED) is 0.812. The molecule has 0 radical (unpaired) electrons. The molecule has 0 aromatic carbocycles. The molecule has 1 aliphatic carbocycles. The van der Waals surface area contributed by atoms with Crippen molar-refractivity contribution in [1.82, 2.24) is 5.32 Å². The maximum atomic E-state index is 6.20. The molecule has 2 fully saturated rings. The van der Waals surface area contributed by atoms with Crippen LogP contribution in [0.3, 0.4) is 0 Å². The third-order valence-corrected chi connectivity index (χ3v) is 6.00. The first-order chi connectivity index (χ1) is 9.08. The van der Waals surface area contributed by atoms with Crippen LogP contribution in [-0.4, -0.2) is 18.7 Å². The van der Waals surface area contributed by atoms with Crippen molar-refractivity contribution in [3.8, 4) is 0 Å². The predicted octanol–water partition coefficient (Wildman–Crippen LogP) is 4.66. The number of thiophene rings is 1. The molecular formula is C14H19Cl2NOS. The SMILES string of the molecule is CC1CCC2(CC1)COC(c1cc(Cl)sc1Cl)CN2. The van der Waals surface area contributed by atoms with Crippen LogP contribution in [0.5, 0.6) is 0 Å². The standard InChI is InChI=1S/C14H19Cl2NOS/c1-9-2-4-14(5-3-9)8-18-11(7-17-14)10-6-12(15)19-13(10)16/h6,9,11,17H,2-5,7-8H2,1H3. The molecular weight excluding hydrogens is 301 g/mol. The third-order valence-electron chi connectivity index (χ3n) is 4.48. The minimum Gasteiger partial charge on any atom is -0.370 e. The number of morpholine rings is 1. The summed E-state index contributed by atoms with van der Waals surface area (Å²) in [6.45, 7) is 3.96. The van der Waals surface area contributed by atoms with Crippen molar-refractivity contribution in [3.63, 3.8) is 0 Å². The Balaban J connectivity index is 1.65. The Labute approximate surface area is 128 Å². The summed E-state index contributed by atoms with van der Waals surface area (Å²) in [4.78, 5) is 0. The van der Waals surface area contributed by atoms with Crippen LogP contribution in [0, 0.1) is 5.92 Å². The molecule has 2 nitrogen and oxygen atoms in total. The molecule has 1 saturated heterocycles. The smallest absolute Gasteiger partial charge is 0.100 e.